The summed E-state index contributed by atoms with van der Waals surface area (Å²) < 4.78 is 0. The van der Waals surface area contributed by atoms with Crippen molar-refractivity contribution >= 4 is 51.9 Å². The van der Waals surface area contributed by atoms with Gasteiger partial charge in [0.2, 0.25) is 0 Å². The molecule has 0 aliphatic rings. The monoisotopic (exact) mass is 395 g/mol. The molecule has 0 unspecified atom stereocenters. The molecule has 0 aliphatic heterocycles. The highest BCUT2D eigenvalue weighted by Crippen LogP contribution is 2.16. The van der Waals surface area contributed by atoms with Crippen LogP contribution < -0.4 is 16.0 Å². The van der Waals surface area contributed by atoms with E-state index in [4.69, 9.17) is 12.2 Å². The molecule has 0 fully saturated rings. The van der Waals surface area contributed by atoms with E-state index in [1.165, 1.54) is 11.3 Å². The number of rotatable bonds is 4. The summed E-state index contributed by atoms with van der Waals surface area (Å²) >= 11 is 6.51. The van der Waals surface area contributed by atoms with Crippen molar-refractivity contribution in [1.82, 2.24) is 5.32 Å². The largest absolute Gasteiger partial charge is 0.332 e. The van der Waals surface area contributed by atoms with Crippen molar-refractivity contribution in [1.29, 1.82) is 0 Å². The first-order valence-corrected chi connectivity index (χ1v) is 9.44. The van der Waals surface area contributed by atoms with Crippen molar-refractivity contribution in [2.24, 2.45) is 0 Å². The zero-order valence-corrected chi connectivity index (χ0v) is 16.1. The highest BCUT2D eigenvalue weighted by molar-refractivity contribution is 7.80. The Morgan fingerprint density at radius 3 is 2.15 bits per heavy atom. The normalized spacial score (nSPS) is 10.1. The molecule has 5 nitrogen and oxygen atoms in total. The Morgan fingerprint density at radius 1 is 0.852 bits per heavy atom. The molecule has 0 radical (unpaired) electrons. The number of nitrogens with one attached hydrogen (secondary N) is 3. The molecule has 3 N–H and O–H groups in total. The van der Waals surface area contributed by atoms with Gasteiger partial charge >= 0.3 is 0 Å². The van der Waals surface area contributed by atoms with Crippen molar-refractivity contribution in [2.75, 3.05) is 10.6 Å². The zero-order chi connectivity index (χ0) is 19.2. The molecule has 0 saturated heterocycles. The minimum atomic E-state index is -0.246. The Kier molecular flexibility index (Phi) is 5.95. The average molecular weight is 396 g/mol. The third-order valence-corrected chi connectivity index (χ3v) is 4.84. The van der Waals surface area contributed by atoms with Gasteiger partial charge in [-0.1, -0.05) is 24.3 Å². The number of thiocarbonyl (C=S) groups is 1. The molecular weight excluding hydrogens is 378 g/mol. The van der Waals surface area contributed by atoms with Gasteiger partial charge in [-0.2, -0.15) is 0 Å². The molecule has 1 aromatic heterocycles. The topological polar surface area (TPSA) is 70.2 Å². The molecule has 0 saturated carbocycles. The maximum absolute atomic E-state index is 12.3. The van der Waals surface area contributed by atoms with Crippen molar-refractivity contribution in [3.05, 3.63) is 82.0 Å². The fourth-order valence-corrected chi connectivity index (χ4v) is 3.23. The van der Waals surface area contributed by atoms with E-state index in [0.29, 0.717) is 21.8 Å². The summed E-state index contributed by atoms with van der Waals surface area (Å²) in [7, 11) is 0. The smallest absolute Gasteiger partial charge is 0.267 e. The number of benzene rings is 2. The van der Waals surface area contributed by atoms with Gasteiger partial charge in [-0.3, -0.25) is 14.9 Å². The summed E-state index contributed by atoms with van der Waals surface area (Å²) in [6.45, 7) is 1.90. The van der Waals surface area contributed by atoms with E-state index < -0.39 is 0 Å². The number of anilines is 2. The van der Waals surface area contributed by atoms with Crippen molar-refractivity contribution in [3.8, 4) is 0 Å². The van der Waals surface area contributed by atoms with E-state index in [0.717, 1.165) is 5.56 Å². The predicted octanol–water partition coefficient (Wildman–Crippen LogP) is 4.44. The van der Waals surface area contributed by atoms with Crippen molar-refractivity contribution < 1.29 is 9.59 Å². The van der Waals surface area contributed by atoms with Crippen LogP contribution in [0, 0.1) is 6.92 Å². The van der Waals surface area contributed by atoms with Crippen LogP contribution in [0.3, 0.4) is 0 Å². The molecule has 3 aromatic rings. The van der Waals surface area contributed by atoms with E-state index in [2.05, 4.69) is 16.0 Å². The van der Waals surface area contributed by atoms with Gasteiger partial charge < -0.3 is 10.6 Å². The molecule has 2 aromatic carbocycles. The molecule has 136 valence electrons. The molecule has 0 bridgehead atoms. The third-order valence-electron chi connectivity index (χ3n) is 3.76. The molecule has 0 atom stereocenters. The van der Waals surface area contributed by atoms with Gasteiger partial charge in [0.25, 0.3) is 11.8 Å². The van der Waals surface area contributed by atoms with E-state index in [-0.39, 0.29) is 16.9 Å². The number of carbonyl (C=O) groups excluding carboxylic acids is 2. The first-order valence-electron chi connectivity index (χ1n) is 8.16. The number of hydrogen-bond donors (Lipinski definition) is 3. The summed E-state index contributed by atoms with van der Waals surface area (Å²) in [6.07, 6.45) is 0. The van der Waals surface area contributed by atoms with Gasteiger partial charge in [0.1, 0.15) is 0 Å². The third kappa shape index (κ3) is 4.99. The summed E-state index contributed by atoms with van der Waals surface area (Å²) in [4.78, 5) is 24.9. The maximum atomic E-state index is 12.3. The Labute approximate surface area is 166 Å². The molecule has 7 heteroatoms. The van der Waals surface area contributed by atoms with Crippen LogP contribution in [-0.2, 0) is 0 Å². The van der Waals surface area contributed by atoms with Crippen molar-refractivity contribution in [3.63, 3.8) is 0 Å². The van der Waals surface area contributed by atoms with Crippen LogP contribution in [0.5, 0.6) is 0 Å². The van der Waals surface area contributed by atoms with Gasteiger partial charge in [0, 0.05) is 16.9 Å². The summed E-state index contributed by atoms with van der Waals surface area (Å²) in [6, 6.07) is 18.0. The Hall–Kier alpha value is -3.03. The molecule has 3 rings (SSSR count). The minimum absolute atomic E-state index is 0.160. The first-order chi connectivity index (χ1) is 13.0. The van der Waals surface area contributed by atoms with Gasteiger partial charge in [-0.25, -0.2) is 0 Å². The van der Waals surface area contributed by atoms with Gasteiger partial charge in [-0.15, -0.1) is 11.3 Å². The number of aryl methyl sites for hydroxylation is 1. The average Bonchev–Trinajstić information content (AvgIpc) is 3.18. The van der Waals surface area contributed by atoms with Gasteiger partial charge in [0.15, 0.2) is 5.11 Å². The molecule has 2 amide bonds. The van der Waals surface area contributed by atoms with Crippen LogP contribution in [0.25, 0.3) is 0 Å². The lowest BCUT2D eigenvalue weighted by atomic mass is 10.1. The standard InChI is InChI=1S/C20H17N3O2S2/c1-13-5-2-3-6-16(13)18(24)21-14-8-10-15(11-9-14)22-20(26)23-19(25)17-7-4-12-27-17/h2-12H,1H3,(H,21,24)(H2,22,23,25,26). The molecule has 0 spiro atoms. The number of carbonyl (C=O) groups is 2. The number of thiophene rings is 1. The number of amides is 2. The predicted molar refractivity (Wildman–Crippen MR) is 114 cm³/mol. The highest BCUT2D eigenvalue weighted by atomic mass is 32.1. The highest BCUT2D eigenvalue weighted by Gasteiger charge is 2.10. The second kappa shape index (κ2) is 8.57. The summed E-state index contributed by atoms with van der Waals surface area (Å²) in [5.41, 5.74) is 2.93. The summed E-state index contributed by atoms with van der Waals surface area (Å²) in [5.74, 6) is -0.405. The van der Waals surface area contributed by atoms with Crippen LogP contribution in [0.1, 0.15) is 25.6 Å². The number of hydrogen-bond acceptors (Lipinski definition) is 4. The van der Waals surface area contributed by atoms with Gasteiger partial charge in [-0.05, 0) is 66.5 Å². The van der Waals surface area contributed by atoms with E-state index in [1.54, 1.807) is 42.5 Å². The minimum Gasteiger partial charge on any atom is -0.332 e. The zero-order valence-electron chi connectivity index (χ0n) is 14.5. The maximum Gasteiger partial charge on any atom is 0.267 e. The first kappa shape index (κ1) is 18.8. The fraction of sp³-hybridized carbons (Fsp3) is 0.0500. The van der Waals surface area contributed by atoms with Crippen LogP contribution in [0.15, 0.2) is 66.0 Å². The van der Waals surface area contributed by atoms with E-state index >= 15 is 0 Å². The van der Waals surface area contributed by atoms with Crippen molar-refractivity contribution in [2.45, 2.75) is 6.92 Å². The van der Waals surface area contributed by atoms with Crippen LogP contribution in [0.2, 0.25) is 0 Å². The molecule has 1 heterocycles. The SMILES string of the molecule is Cc1ccccc1C(=O)Nc1ccc(NC(=S)NC(=O)c2cccs2)cc1. The van der Waals surface area contributed by atoms with Crippen LogP contribution in [-0.4, -0.2) is 16.9 Å². The quantitative estimate of drug-likeness (QED) is 0.572. The Morgan fingerprint density at radius 2 is 1.52 bits per heavy atom. The summed E-state index contributed by atoms with van der Waals surface area (Å²) in [5, 5.41) is 10.5. The fourth-order valence-electron chi connectivity index (χ4n) is 2.40. The lowest BCUT2D eigenvalue weighted by Crippen LogP contribution is -2.33. The molecule has 27 heavy (non-hydrogen) atoms. The second-order valence-electron chi connectivity index (χ2n) is 5.73. The van der Waals surface area contributed by atoms with Crippen LogP contribution in [0.4, 0.5) is 11.4 Å². The van der Waals surface area contributed by atoms with Crippen LogP contribution >= 0.6 is 23.6 Å². The molecular formula is C20H17N3O2S2. The Bertz CT molecular complexity index is 967. The lowest BCUT2D eigenvalue weighted by Gasteiger charge is -2.11. The Balaban J connectivity index is 1.57. The lowest BCUT2D eigenvalue weighted by molar-refractivity contribution is 0.0980. The molecule has 0 aliphatic carbocycles. The second-order valence-corrected chi connectivity index (χ2v) is 7.09. The van der Waals surface area contributed by atoms with E-state index in [9.17, 15) is 9.59 Å². The van der Waals surface area contributed by atoms with Gasteiger partial charge in [0.05, 0.1) is 4.88 Å². The van der Waals surface area contributed by atoms with E-state index in [1.807, 2.05) is 30.5 Å².